The summed E-state index contributed by atoms with van der Waals surface area (Å²) in [4.78, 5) is 25.4. The zero-order chi connectivity index (χ0) is 19.4. The number of halogens is 1. The number of likely N-dealkylation sites (N-methyl/N-ethyl adjacent to an activating group) is 1. The first-order valence-electron chi connectivity index (χ1n) is 8.97. The molecule has 0 radical (unpaired) electrons. The maximum atomic E-state index is 12.8. The van der Waals surface area contributed by atoms with Crippen molar-refractivity contribution in [2.45, 2.75) is 25.2 Å². The molecule has 0 fully saturated rings. The molecule has 1 aliphatic heterocycles. The molecule has 7 heteroatoms. The minimum atomic E-state index is -0.795. The highest BCUT2D eigenvalue weighted by Gasteiger charge is 2.26. The normalized spacial score (nSPS) is 14.4. The van der Waals surface area contributed by atoms with Crippen LogP contribution in [0.1, 0.15) is 29.9 Å². The predicted octanol–water partition coefficient (Wildman–Crippen LogP) is 3.70. The monoisotopic (exact) mass is 404 g/mol. The second-order valence-electron chi connectivity index (χ2n) is 6.72. The largest absolute Gasteiger partial charge is 0.497 e. The molecule has 6 nitrogen and oxygen atoms in total. The summed E-state index contributed by atoms with van der Waals surface area (Å²) in [5, 5.41) is 12.3. The summed E-state index contributed by atoms with van der Waals surface area (Å²) in [7, 11) is 3.36. The van der Waals surface area contributed by atoms with Gasteiger partial charge in [-0.25, -0.2) is 0 Å². The molecule has 1 atom stereocenters. The Hall–Kier alpha value is -2.73. The number of anilines is 2. The number of carboxylic acids is 1. The van der Waals surface area contributed by atoms with E-state index < -0.39 is 5.97 Å². The number of carboxylic acid groups (broad SMARTS) is 1. The van der Waals surface area contributed by atoms with Gasteiger partial charge < -0.3 is 20.1 Å². The summed E-state index contributed by atoms with van der Waals surface area (Å²) < 4.78 is 5.15. The van der Waals surface area contributed by atoms with E-state index in [-0.39, 0.29) is 37.1 Å². The number of nitrogens with one attached hydrogen (secondary N) is 1. The average Bonchev–Trinajstić information content (AvgIpc) is 3.10. The van der Waals surface area contributed by atoms with Crippen LogP contribution >= 0.6 is 12.4 Å². The Balaban J connectivity index is 0.00000280. The highest BCUT2D eigenvalue weighted by Crippen LogP contribution is 2.37. The Labute approximate surface area is 170 Å². The van der Waals surface area contributed by atoms with Gasteiger partial charge in [0.15, 0.2) is 0 Å². The molecular formula is C21H25ClN2O4. The van der Waals surface area contributed by atoms with E-state index >= 15 is 0 Å². The molecular weight excluding hydrogens is 380 g/mol. The van der Waals surface area contributed by atoms with E-state index in [1.165, 1.54) is 0 Å². The topological polar surface area (TPSA) is 78.9 Å². The van der Waals surface area contributed by atoms with Crippen LogP contribution in [0.5, 0.6) is 5.75 Å². The summed E-state index contributed by atoms with van der Waals surface area (Å²) in [6.07, 6.45) is 0.964. The number of fused-ring (bicyclic) bond motifs is 1. The van der Waals surface area contributed by atoms with E-state index in [0.29, 0.717) is 13.0 Å². The van der Waals surface area contributed by atoms with Gasteiger partial charge in [-0.1, -0.05) is 12.1 Å². The van der Waals surface area contributed by atoms with Gasteiger partial charge >= 0.3 is 5.97 Å². The predicted molar refractivity (Wildman–Crippen MR) is 112 cm³/mol. The van der Waals surface area contributed by atoms with Crippen molar-refractivity contribution in [3.05, 3.63) is 53.6 Å². The molecule has 2 N–H and O–H groups in total. The Morgan fingerprint density at radius 3 is 2.57 bits per heavy atom. The van der Waals surface area contributed by atoms with E-state index in [1.54, 1.807) is 19.1 Å². The van der Waals surface area contributed by atoms with Gasteiger partial charge in [0.05, 0.1) is 13.5 Å². The number of nitrogens with zero attached hydrogens (tertiary/aromatic N) is 1. The first kappa shape index (κ1) is 21.6. The van der Waals surface area contributed by atoms with Crippen molar-refractivity contribution in [1.82, 2.24) is 0 Å². The minimum Gasteiger partial charge on any atom is -0.497 e. The molecule has 1 heterocycles. The molecule has 0 bridgehead atoms. The van der Waals surface area contributed by atoms with Gasteiger partial charge in [-0.05, 0) is 47.9 Å². The number of hydrogen-bond acceptors (Lipinski definition) is 4. The van der Waals surface area contributed by atoms with Crippen molar-refractivity contribution < 1.29 is 19.4 Å². The van der Waals surface area contributed by atoms with Crippen LogP contribution in [0.15, 0.2) is 42.5 Å². The quantitative estimate of drug-likeness (QED) is 0.735. The van der Waals surface area contributed by atoms with Gasteiger partial charge in [-0.15, -0.1) is 12.4 Å². The highest BCUT2D eigenvalue weighted by molar-refractivity contribution is 5.94. The first-order valence-corrected chi connectivity index (χ1v) is 8.97. The van der Waals surface area contributed by atoms with Crippen molar-refractivity contribution in [1.29, 1.82) is 0 Å². The van der Waals surface area contributed by atoms with E-state index in [0.717, 1.165) is 28.3 Å². The molecule has 2 aromatic rings. The molecule has 0 spiro atoms. The minimum absolute atomic E-state index is 0. The van der Waals surface area contributed by atoms with Crippen molar-refractivity contribution in [3.63, 3.8) is 0 Å². The maximum absolute atomic E-state index is 12.8. The number of amides is 1. The number of hydrogen-bond donors (Lipinski definition) is 2. The fourth-order valence-corrected chi connectivity index (χ4v) is 3.51. The van der Waals surface area contributed by atoms with Crippen LogP contribution < -0.4 is 15.0 Å². The fourth-order valence-electron chi connectivity index (χ4n) is 3.51. The lowest BCUT2D eigenvalue weighted by Crippen LogP contribution is -2.28. The number of ether oxygens (including phenoxy) is 1. The molecule has 0 aromatic heterocycles. The van der Waals surface area contributed by atoms with Gasteiger partial charge in [0.1, 0.15) is 5.75 Å². The summed E-state index contributed by atoms with van der Waals surface area (Å²) in [6.45, 7) is 0.710. The zero-order valence-electron chi connectivity index (χ0n) is 16.0. The molecule has 1 aliphatic rings. The lowest BCUT2D eigenvalue weighted by molar-refractivity contribution is -0.137. The Kier molecular flexibility index (Phi) is 7.29. The number of carbonyl (C=O) groups excluding carboxylic acids is 1. The van der Waals surface area contributed by atoms with Crippen LogP contribution in [0.3, 0.4) is 0 Å². The van der Waals surface area contributed by atoms with Crippen LogP contribution in [0, 0.1) is 0 Å². The molecule has 0 saturated heterocycles. The SMILES string of the molecule is COc1ccc(N(C)C(=O)Cc2cccc3c2C(CCC(=O)O)CN3)cc1.Cl. The van der Waals surface area contributed by atoms with Crippen molar-refractivity contribution in [2.75, 3.05) is 30.9 Å². The van der Waals surface area contributed by atoms with Gasteiger partial charge in [0, 0.05) is 37.3 Å². The molecule has 0 aliphatic carbocycles. The number of aliphatic carboxylic acids is 1. The van der Waals surface area contributed by atoms with E-state index in [9.17, 15) is 9.59 Å². The lowest BCUT2D eigenvalue weighted by Gasteiger charge is -2.20. The Bertz CT molecular complexity index is 839. The highest BCUT2D eigenvalue weighted by atomic mass is 35.5. The molecule has 2 aromatic carbocycles. The van der Waals surface area contributed by atoms with Crippen molar-refractivity contribution in [2.24, 2.45) is 0 Å². The van der Waals surface area contributed by atoms with Crippen molar-refractivity contribution >= 4 is 35.7 Å². The standard InChI is InChI=1S/C21H24N2O4.ClH/c1-23(16-7-9-17(27-2)10-8-16)19(24)12-14-4-3-5-18-21(14)15(13-22-18)6-11-20(25)26;/h3-5,7-10,15,22H,6,11-13H2,1-2H3,(H,25,26);1H. The van der Waals surface area contributed by atoms with Gasteiger partial charge in [-0.3, -0.25) is 9.59 Å². The second-order valence-corrected chi connectivity index (χ2v) is 6.72. The van der Waals surface area contributed by atoms with Crippen LogP contribution in [-0.2, 0) is 16.0 Å². The zero-order valence-corrected chi connectivity index (χ0v) is 16.8. The Morgan fingerprint density at radius 2 is 1.93 bits per heavy atom. The van der Waals surface area contributed by atoms with Crippen LogP contribution in [-0.4, -0.2) is 37.7 Å². The molecule has 1 amide bonds. The third-order valence-electron chi connectivity index (χ3n) is 5.03. The Morgan fingerprint density at radius 1 is 1.21 bits per heavy atom. The van der Waals surface area contributed by atoms with E-state index in [4.69, 9.17) is 9.84 Å². The number of rotatable bonds is 7. The van der Waals surface area contributed by atoms with Crippen LogP contribution in [0.2, 0.25) is 0 Å². The van der Waals surface area contributed by atoms with Gasteiger partial charge in [0.2, 0.25) is 5.91 Å². The first-order chi connectivity index (χ1) is 13.0. The number of carbonyl (C=O) groups is 2. The van der Waals surface area contributed by atoms with Gasteiger partial charge in [-0.2, -0.15) is 0 Å². The summed E-state index contributed by atoms with van der Waals surface area (Å²) in [6, 6.07) is 13.2. The number of benzene rings is 2. The molecule has 28 heavy (non-hydrogen) atoms. The van der Waals surface area contributed by atoms with E-state index in [1.807, 2.05) is 42.5 Å². The average molecular weight is 405 g/mol. The fraction of sp³-hybridized carbons (Fsp3) is 0.333. The third-order valence-corrected chi connectivity index (χ3v) is 5.03. The summed E-state index contributed by atoms with van der Waals surface area (Å²) >= 11 is 0. The smallest absolute Gasteiger partial charge is 0.303 e. The molecule has 0 saturated carbocycles. The van der Waals surface area contributed by atoms with Gasteiger partial charge in [0.25, 0.3) is 0 Å². The molecule has 150 valence electrons. The molecule has 1 unspecified atom stereocenters. The molecule has 3 rings (SSSR count). The number of methoxy groups -OCH3 is 1. The van der Waals surface area contributed by atoms with Crippen LogP contribution in [0.25, 0.3) is 0 Å². The lowest BCUT2D eigenvalue weighted by atomic mass is 9.90. The third kappa shape index (κ3) is 4.75. The van der Waals surface area contributed by atoms with Crippen molar-refractivity contribution in [3.8, 4) is 5.75 Å². The van der Waals surface area contributed by atoms with E-state index in [2.05, 4.69) is 5.32 Å². The second kappa shape index (κ2) is 9.46. The summed E-state index contributed by atoms with van der Waals surface area (Å²) in [5.41, 5.74) is 3.84. The summed E-state index contributed by atoms with van der Waals surface area (Å²) in [5.74, 6) is 0.0490. The van der Waals surface area contributed by atoms with Crippen LogP contribution in [0.4, 0.5) is 11.4 Å². The maximum Gasteiger partial charge on any atom is 0.303 e.